The highest BCUT2D eigenvalue weighted by atomic mass is 79.9. The molecule has 2 nitrogen and oxygen atoms in total. The third kappa shape index (κ3) is 2.08. The van der Waals surface area contributed by atoms with Crippen LogP contribution in [0.15, 0.2) is 48.5 Å². The highest BCUT2D eigenvalue weighted by Crippen LogP contribution is 2.30. The molecule has 20 heavy (non-hydrogen) atoms. The Morgan fingerprint density at radius 1 is 1.05 bits per heavy atom. The molecule has 0 heterocycles. The topological polar surface area (TPSA) is 26.3 Å². The first-order valence-electron chi connectivity index (χ1n) is 6.33. The quantitative estimate of drug-likeness (QED) is 0.388. The average molecular weight is 329 g/mol. The molecule has 3 heteroatoms. The fourth-order valence-corrected chi connectivity index (χ4v) is 3.00. The van der Waals surface area contributed by atoms with Gasteiger partial charge in [-0.05, 0) is 45.3 Å². The van der Waals surface area contributed by atoms with Gasteiger partial charge in [0.2, 0.25) is 0 Å². The maximum Gasteiger partial charge on any atom is 0.337 e. The summed E-state index contributed by atoms with van der Waals surface area (Å²) in [7, 11) is 1.40. The predicted molar refractivity (Wildman–Crippen MR) is 85.4 cm³/mol. The van der Waals surface area contributed by atoms with Gasteiger partial charge in [0, 0.05) is 5.33 Å². The number of methoxy groups -OCH3 is 1. The van der Waals surface area contributed by atoms with Crippen LogP contribution in [-0.2, 0) is 10.1 Å². The molecule has 0 saturated heterocycles. The molecule has 0 amide bonds. The lowest BCUT2D eigenvalue weighted by molar-refractivity contribution is 0.0601. The number of halogens is 1. The zero-order valence-corrected chi connectivity index (χ0v) is 12.6. The van der Waals surface area contributed by atoms with Gasteiger partial charge in [-0.15, -0.1) is 0 Å². The second-order valence-corrected chi connectivity index (χ2v) is 5.20. The summed E-state index contributed by atoms with van der Waals surface area (Å²) in [6.45, 7) is 0. The largest absolute Gasteiger partial charge is 0.465 e. The molecule has 0 N–H and O–H groups in total. The van der Waals surface area contributed by atoms with E-state index < -0.39 is 0 Å². The van der Waals surface area contributed by atoms with E-state index in [1.165, 1.54) is 18.1 Å². The average Bonchev–Trinajstić information content (AvgIpc) is 2.52. The normalized spacial score (nSPS) is 10.9. The first-order valence-corrected chi connectivity index (χ1v) is 7.45. The number of carbonyl (C=O) groups excluding carboxylic acids is 1. The zero-order valence-electron chi connectivity index (χ0n) is 11.0. The standard InChI is InChI=1S/C17H13BrO2/c1-20-17(19)12-7-6-11-8-13(10-18)14-4-2-3-5-15(14)16(11)9-12/h2-9H,10H2,1H3. The maximum absolute atomic E-state index is 11.7. The predicted octanol–water partition coefficient (Wildman–Crippen LogP) is 4.67. The molecule has 100 valence electrons. The maximum atomic E-state index is 11.7. The van der Waals surface area contributed by atoms with Crippen LogP contribution in [0.2, 0.25) is 0 Å². The summed E-state index contributed by atoms with van der Waals surface area (Å²) < 4.78 is 4.80. The van der Waals surface area contributed by atoms with Gasteiger partial charge in [0.05, 0.1) is 12.7 Å². The van der Waals surface area contributed by atoms with E-state index in [1.54, 1.807) is 6.07 Å². The van der Waals surface area contributed by atoms with E-state index in [9.17, 15) is 4.79 Å². The van der Waals surface area contributed by atoms with Crippen molar-refractivity contribution in [3.05, 3.63) is 59.7 Å². The molecule has 3 aromatic rings. The minimum Gasteiger partial charge on any atom is -0.465 e. The number of ether oxygens (including phenoxy) is 1. The van der Waals surface area contributed by atoms with Gasteiger partial charge >= 0.3 is 5.97 Å². The van der Waals surface area contributed by atoms with E-state index in [1.807, 2.05) is 24.3 Å². The van der Waals surface area contributed by atoms with E-state index in [4.69, 9.17) is 4.74 Å². The fraction of sp³-hybridized carbons (Fsp3) is 0.118. The molecule has 0 fully saturated rings. The summed E-state index contributed by atoms with van der Waals surface area (Å²) >= 11 is 3.54. The van der Waals surface area contributed by atoms with Gasteiger partial charge in [-0.25, -0.2) is 4.79 Å². The van der Waals surface area contributed by atoms with E-state index in [0.29, 0.717) is 5.56 Å². The Kier molecular flexibility index (Phi) is 3.45. The Balaban J connectivity index is 2.39. The summed E-state index contributed by atoms with van der Waals surface area (Å²) in [5.41, 5.74) is 1.83. The molecule has 0 radical (unpaired) electrons. The Labute approximate surface area is 125 Å². The number of esters is 1. The van der Waals surface area contributed by atoms with Crippen molar-refractivity contribution in [3.8, 4) is 0 Å². The minimum atomic E-state index is -0.305. The number of hydrogen-bond donors (Lipinski definition) is 0. The number of benzene rings is 3. The van der Waals surface area contributed by atoms with Crippen molar-refractivity contribution in [3.63, 3.8) is 0 Å². The van der Waals surface area contributed by atoms with Crippen molar-refractivity contribution >= 4 is 43.4 Å². The molecule has 3 aromatic carbocycles. The number of rotatable bonds is 2. The van der Waals surface area contributed by atoms with E-state index in [-0.39, 0.29) is 5.97 Å². The van der Waals surface area contributed by atoms with Crippen LogP contribution in [0, 0.1) is 0 Å². The van der Waals surface area contributed by atoms with Gasteiger partial charge < -0.3 is 4.74 Å². The summed E-state index contributed by atoms with van der Waals surface area (Å²) in [6, 6.07) is 16.1. The van der Waals surface area contributed by atoms with Crippen LogP contribution in [0.1, 0.15) is 15.9 Å². The van der Waals surface area contributed by atoms with Gasteiger partial charge in [0.15, 0.2) is 0 Å². The lowest BCUT2D eigenvalue weighted by Gasteiger charge is -2.09. The SMILES string of the molecule is COC(=O)c1ccc2cc(CBr)c3ccccc3c2c1. The van der Waals surface area contributed by atoms with Gasteiger partial charge in [-0.2, -0.15) is 0 Å². The smallest absolute Gasteiger partial charge is 0.337 e. The Morgan fingerprint density at radius 2 is 1.80 bits per heavy atom. The minimum absolute atomic E-state index is 0.305. The van der Waals surface area contributed by atoms with Crippen molar-refractivity contribution < 1.29 is 9.53 Å². The summed E-state index contributed by atoms with van der Waals surface area (Å²) in [6.07, 6.45) is 0. The molecule has 0 aliphatic heterocycles. The van der Waals surface area contributed by atoms with Crippen LogP contribution in [0.25, 0.3) is 21.5 Å². The molecular formula is C17H13BrO2. The van der Waals surface area contributed by atoms with Crippen molar-refractivity contribution in [2.45, 2.75) is 5.33 Å². The van der Waals surface area contributed by atoms with E-state index >= 15 is 0 Å². The number of carbonyl (C=O) groups is 1. The van der Waals surface area contributed by atoms with Crippen molar-refractivity contribution in [2.24, 2.45) is 0 Å². The van der Waals surface area contributed by atoms with Gasteiger partial charge in [0.1, 0.15) is 0 Å². The zero-order chi connectivity index (χ0) is 14.1. The summed E-state index contributed by atoms with van der Waals surface area (Å²) in [5, 5.41) is 5.38. The van der Waals surface area contributed by atoms with Crippen LogP contribution >= 0.6 is 15.9 Å². The van der Waals surface area contributed by atoms with Crippen molar-refractivity contribution in [1.82, 2.24) is 0 Å². The summed E-state index contributed by atoms with van der Waals surface area (Å²) in [4.78, 5) is 11.7. The Hall–Kier alpha value is -1.87. The third-order valence-electron chi connectivity index (χ3n) is 3.51. The lowest BCUT2D eigenvalue weighted by atomic mass is 9.96. The van der Waals surface area contributed by atoms with Crippen LogP contribution in [0.4, 0.5) is 0 Å². The van der Waals surface area contributed by atoms with Gasteiger partial charge in [0.25, 0.3) is 0 Å². The lowest BCUT2D eigenvalue weighted by Crippen LogP contribution is -2.00. The van der Waals surface area contributed by atoms with Gasteiger partial charge in [-0.1, -0.05) is 46.3 Å². The highest BCUT2D eigenvalue weighted by Gasteiger charge is 2.10. The monoisotopic (exact) mass is 328 g/mol. The molecular weight excluding hydrogens is 316 g/mol. The second kappa shape index (κ2) is 5.25. The molecule has 0 bridgehead atoms. The molecule has 0 spiro atoms. The highest BCUT2D eigenvalue weighted by molar-refractivity contribution is 9.08. The molecule has 0 aliphatic carbocycles. The second-order valence-electron chi connectivity index (χ2n) is 4.64. The number of alkyl halides is 1. The Bertz CT molecular complexity index is 809. The number of fused-ring (bicyclic) bond motifs is 3. The molecule has 0 unspecified atom stereocenters. The van der Waals surface area contributed by atoms with Crippen LogP contribution < -0.4 is 0 Å². The number of hydrogen-bond acceptors (Lipinski definition) is 2. The summed E-state index contributed by atoms with van der Waals surface area (Å²) in [5.74, 6) is -0.305. The third-order valence-corrected chi connectivity index (χ3v) is 4.12. The molecule has 0 atom stereocenters. The molecule has 0 saturated carbocycles. The molecule has 3 rings (SSSR count). The van der Waals surface area contributed by atoms with E-state index in [2.05, 4.69) is 34.1 Å². The van der Waals surface area contributed by atoms with Gasteiger partial charge in [-0.3, -0.25) is 0 Å². The van der Waals surface area contributed by atoms with Crippen LogP contribution in [-0.4, -0.2) is 13.1 Å². The first-order chi connectivity index (χ1) is 9.74. The first kappa shape index (κ1) is 13.1. The fourth-order valence-electron chi connectivity index (χ4n) is 2.53. The Morgan fingerprint density at radius 3 is 2.50 bits per heavy atom. The van der Waals surface area contributed by atoms with E-state index in [0.717, 1.165) is 21.5 Å². The van der Waals surface area contributed by atoms with Crippen molar-refractivity contribution in [2.75, 3.05) is 7.11 Å². The molecule has 0 aliphatic rings. The van der Waals surface area contributed by atoms with Crippen LogP contribution in [0.5, 0.6) is 0 Å². The van der Waals surface area contributed by atoms with Crippen molar-refractivity contribution in [1.29, 1.82) is 0 Å². The van der Waals surface area contributed by atoms with Crippen LogP contribution in [0.3, 0.4) is 0 Å². The molecule has 0 aromatic heterocycles.